The third kappa shape index (κ3) is 3.14. The molecule has 106 valence electrons. The molecule has 0 fully saturated rings. The highest BCUT2D eigenvalue weighted by Crippen LogP contribution is 2.32. The molecule has 2 aromatic carbocycles. The van der Waals surface area contributed by atoms with Crippen LogP contribution in [0, 0.1) is 11.6 Å². The lowest BCUT2D eigenvalue weighted by Gasteiger charge is -2.15. The van der Waals surface area contributed by atoms with E-state index >= 15 is 0 Å². The van der Waals surface area contributed by atoms with Crippen molar-refractivity contribution in [3.63, 3.8) is 0 Å². The van der Waals surface area contributed by atoms with Crippen LogP contribution in [-0.4, -0.2) is 0 Å². The normalized spacial score (nSPS) is 12.5. The smallest absolute Gasteiger partial charge is 0.147 e. The minimum absolute atomic E-state index is 0.0439. The fraction of sp³-hybridized carbons (Fsp3) is 0.143. The Morgan fingerprint density at radius 2 is 1.85 bits per heavy atom. The van der Waals surface area contributed by atoms with Gasteiger partial charge in [-0.15, -0.1) is 0 Å². The van der Waals surface area contributed by atoms with E-state index in [2.05, 4.69) is 15.9 Å². The van der Waals surface area contributed by atoms with Gasteiger partial charge in [-0.25, -0.2) is 8.78 Å². The van der Waals surface area contributed by atoms with Gasteiger partial charge in [0.25, 0.3) is 0 Å². The third-order valence-electron chi connectivity index (χ3n) is 2.95. The third-order valence-corrected chi connectivity index (χ3v) is 4.56. The predicted molar refractivity (Wildman–Crippen MR) is 81.2 cm³/mol. The number of hydrogen-bond acceptors (Lipinski definition) is 1. The molecule has 2 aromatic rings. The van der Waals surface area contributed by atoms with Crippen LogP contribution >= 0.6 is 39.1 Å². The summed E-state index contributed by atoms with van der Waals surface area (Å²) in [6.07, 6.45) is 0.0837. The number of halogens is 5. The molecule has 0 radical (unpaired) electrons. The monoisotopic (exact) mass is 379 g/mol. The fourth-order valence-corrected chi connectivity index (χ4v) is 2.60. The zero-order valence-corrected chi connectivity index (χ0v) is 13.2. The SMILES string of the molecule is NC(Cc1c(F)cccc1Cl)c1ccc(Br)c(Cl)c1F. The molecule has 1 unspecified atom stereocenters. The van der Waals surface area contributed by atoms with Gasteiger partial charge in [0.1, 0.15) is 11.6 Å². The fourth-order valence-electron chi connectivity index (χ4n) is 1.88. The first kappa shape index (κ1) is 15.7. The van der Waals surface area contributed by atoms with Crippen molar-refractivity contribution in [2.45, 2.75) is 12.5 Å². The Balaban J connectivity index is 2.34. The number of nitrogens with two attached hydrogens (primary N) is 1. The molecule has 0 aliphatic heterocycles. The Morgan fingerprint density at radius 3 is 2.50 bits per heavy atom. The average Bonchev–Trinajstić information content (AvgIpc) is 2.40. The van der Waals surface area contributed by atoms with E-state index in [1.165, 1.54) is 18.2 Å². The van der Waals surface area contributed by atoms with Gasteiger partial charge in [0.15, 0.2) is 0 Å². The van der Waals surface area contributed by atoms with Crippen LogP contribution in [0.4, 0.5) is 8.78 Å². The predicted octanol–water partition coefficient (Wildman–Crippen LogP) is 5.28. The van der Waals surface area contributed by atoms with Gasteiger partial charge in [0, 0.05) is 26.7 Å². The highest BCUT2D eigenvalue weighted by atomic mass is 79.9. The number of hydrogen-bond donors (Lipinski definition) is 1. The summed E-state index contributed by atoms with van der Waals surface area (Å²) in [5.41, 5.74) is 6.43. The topological polar surface area (TPSA) is 26.0 Å². The zero-order chi connectivity index (χ0) is 14.9. The van der Waals surface area contributed by atoms with Gasteiger partial charge in [-0.2, -0.15) is 0 Å². The Hall–Kier alpha value is -0.680. The summed E-state index contributed by atoms with van der Waals surface area (Å²) in [4.78, 5) is 0. The summed E-state index contributed by atoms with van der Waals surface area (Å²) in [6.45, 7) is 0. The Morgan fingerprint density at radius 1 is 1.15 bits per heavy atom. The number of rotatable bonds is 3. The van der Waals surface area contributed by atoms with E-state index in [1.807, 2.05) is 0 Å². The number of benzene rings is 2. The van der Waals surface area contributed by atoms with Crippen molar-refractivity contribution in [3.05, 3.63) is 67.6 Å². The van der Waals surface area contributed by atoms with Crippen LogP contribution in [0.2, 0.25) is 10.0 Å². The average molecular weight is 381 g/mol. The molecule has 0 heterocycles. The van der Waals surface area contributed by atoms with Crippen molar-refractivity contribution in [1.82, 2.24) is 0 Å². The van der Waals surface area contributed by atoms with Crippen LogP contribution in [0.1, 0.15) is 17.2 Å². The molecule has 0 aliphatic carbocycles. The standard InChI is InChI=1S/C14H10BrCl2F2N/c15-9-5-4-7(14(19)13(9)17)12(20)6-8-10(16)2-1-3-11(8)18/h1-5,12H,6,20H2. The summed E-state index contributed by atoms with van der Waals surface area (Å²) in [6, 6.07) is 6.74. The summed E-state index contributed by atoms with van der Waals surface area (Å²) in [5, 5.41) is 0.224. The molecule has 0 aromatic heterocycles. The molecule has 0 spiro atoms. The van der Waals surface area contributed by atoms with Gasteiger partial charge in [0.2, 0.25) is 0 Å². The van der Waals surface area contributed by atoms with Crippen LogP contribution < -0.4 is 5.73 Å². The summed E-state index contributed by atoms with van der Waals surface area (Å²) in [5.74, 6) is -1.07. The lowest BCUT2D eigenvalue weighted by atomic mass is 9.99. The molecule has 0 saturated heterocycles. The van der Waals surface area contributed by atoms with Gasteiger partial charge < -0.3 is 5.73 Å². The minimum Gasteiger partial charge on any atom is -0.324 e. The van der Waals surface area contributed by atoms with E-state index in [9.17, 15) is 8.78 Å². The summed E-state index contributed by atoms with van der Waals surface area (Å²) < 4.78 is 28.2. The van der Waals surface area contributed by atoms with Crippen LogP contribution in [-0.2, 0) is 6.42 Å². The summed E-state index contributed by atoms with van der Waals surface area (Å²) in [7, 11) is 0. The maximum atomic E-state index is 14.0. The van der Waals surface area contributed by atoms with Crippen LogP contribution in [0.3, 0.4) is 0 Å². The molecule has 0 aliphatic rings. The van der Waals surface area contributed by atoms with Gasteiger partial charge in [0.05, 0.1) is 5.02 Å². The van der Waals surface area contributed by atoms with Gasteiger partial charge >= 0.3 is 0 Å². The van der Waals surface area contributed by atoms with Gasteiger partial charge in [-0.05, 0) is 40.5 Å². The minimum atomic E-state index is -0.741. The molecule has 0 amide bonds. The van der Waals surface area contributed by atoms with Gasteiger partial charge in [-0.1, -0.05) is 35.3 Å². The quantitative estimate of drug-likeness (QED) is 0.720. The van der Waals surface area contributed by atoms with E-state index in [0.29, 0.717) is 4.47 Å². The van der Waals surface area contributed by atoms with E-state index in [-0.39, 0.29) is 27.6 Å². The van der Waals surface area contributed by atoms with E-state index in [0.717, 1.165) is 0 Å². The van der Waals surface area contributed by atoms with Gasteiger partial charge in [-0.3, -0.25) is 0 Å². The van der Waals surface area contributed by atoms with E-state index in [1.54, 1.807) is 12.1 Å². The zero-order valence-electron chi connectivity index (χ0n) is 10.1. The first-order valence-electron chi connectivity index (χ1n) is 5.73. The van der Waals surface area contributed by atoms with Crippen LogP contribution in [0.15, 0.2) is 34.8 Å². The molecule has 0 bridgehead atoms. The molecule has 1 atom stereocenters. The second-order valence-corrected chi connectivity index (χ2v) is 5.91. The second kappa shape index (κ2) is 6.39. The molecule has 20 heavy (non-hydrogen) atoms. The summed E-state index contributed by atoms with van der Waals surface area (Å²) >= 11 is 14.9. The van der Waals surface area contributed by atoms with Crippen LogP contribution in [0.25, 0.3) is 0 Å². The first-order chi connectivity index (χ1) is 9.41. The maximum Gasteiger partial charge on any atom is 0.147 e. The lowest BCUT2D eigenvalue weighted by Crippen LogP contribution is -2.16. The van der Waals surface area contributed by atoms with Crippen molar-refractivity contribution < 1.29 is 8.78 Å². The Labute approximate surface area is 133 Å². The van der Waals surface area contributed by atoms with Crippen molar-refractivity contribution in [2.75, 3.05) is 0 Å². The molecular weight excluding hydrogens is 371 g/mol. The first-order valence-corrected chi connectivity index (χ1v) is 7.28. The molecule has 6 heteroatoms. The van der Waals surface area contributed by atoms with E-state index in [4.69, 9.17) is 28.9 Å². The van der Waals surface area contributed by atoms with Crippen molar-refractivity contribution in [2.24, 2.45) is 5.73 Å². The molecule has 1 nitrogen and oxygen atoms in total. The van der Waals surface area contributed by atoms with E-state index < -0.39 is 17.7 Å². The Bertz CT molecular complexity index is 629. The Kier molecular flexibility index (Phi) is 5.02. The molecule has 0 saturated carbocycles. The van der Waals surface area contributed by atoms with Crippen molar-refractivity contribution >= 4 is 39.1 Å². The largest absolute Gasteiger partial charge is 0.324 e. The molecule has 2 N–H and O–H groups in total. The second-order valence-electron chi connectivity index (χ2n) is 4.28. The molecular formula is C14H10BrCl2F2N. The maximum absolute atomic E-state index is 14.0. The lowest BCUT2D eigenvalue weighted by molar-refractivity contribution is 0.563. The highest BCUT2D eigenvalue weighted by Gasteiger charge is 2.19. The van der Waals surface area contributed by atoms with Crippen LogP contribution in [0.5, 0.6) is 0 Å². The highest BCUT2D eigenvalue weighted by molar-refractivity contribution is 9.10. The van der Waals surface area contributed by atoms with Crippen molar-refractivity contribution in [3.8, 4) is 0 Å². The van der Waals surface area contributed by atoms with Crippen molar-refractivity contribution in [1.29, 1.82) is 0 Å². The molecule has 2 rings (SSSR count).